The van der Waals surface area contributed by atoms with Crippen LogP contribution in [-0.4, -0.2) is 34.8 Å². The molecule has 0 spiro atoms. The maximum Gasteiger partial charge on any atom is 0.451 e. The Kier molecular flexibility index (Phi) is 5.18. The van der Waals surface area contributed by atoms with Crippen LogP contribution in [0.2, 0.25) is 6.32 Å². The van der Waals surface area contributed by atoms with Gasteiger partial charge in [0, 0.05) is 12.0 Å². The van der Waals surface area contributed by atoms with Crippen LogP contribution in [0.4, 0.5) is 4.39 Å². The quantitative estimate of drug-likeness (QED) is 0.562. The lowest BCUT2D eigenvalue weighted by molar-refractivity contribution is -0.139. The minimum Gasteiger partial charge on any atom is -0.481 e. The fourth-order valence-corrected chi connectivity index (χ4v) is 4.51. The molecule has 5 N–H and O–H groups in total. The molecule has 5 nitrogen and oxygen atoms in total. The van der Waals surface area contributed by atoms with E-state index < -0.39 is 19.0 Å². The van der Waals surface area contributed by atoms with E-state index in [-0.39, 0.29) is 23.5 Å². The highest BCUT2D eigenvalue weighted by Crippen LogP contribution is 2.48. The molecule has 136 valence electrons. The summed E-state index contributed by atoms with van der Waals surface area (Å²) < 4.78 is 14.7. The Hall–Kier alpha value is -1.44. The second-order valence-corrected chi connectivity index (χ2v) is 7.56. The highest BCUT2D eigenvalue weighted by atomic mass is 19.1. The Bertz CT molecular complexity index is 657. The van der Waals surface area contributed by atoms with E-state index >= 15 is 0 Å². The van der Waals surface area contributed by atoms with Crippen molar-refractivity contribution in [3.8, 4) is 0 Å². The first kappa shape index (κ1) is 18.4. The molecule has 1 aromatic carbocycles. The number of hydrogen-bond acceptors (Lipinski definition) is 4. The van der Waals surface area contributed by atoms with E-state index in [1.807, 2.05) is 0 Å². The minimum absolute atomic E-state index is 0.142. The molecule has 0 aliphatic heterocycles. The van der Waals surface area contributed by atoms with Crippen molar-refractivity contribution in [2.75, 3.05) is 6.54 Å². The number of aliphatic carboxylic acids is 1. The van der Waals surface area contributed by atoms with Gasteiger partial charge in [-0.15, -0.1) is 0 Å². The first-order valence-corrected chi connectivity index (χ1v) is 9.00. The monoisotopic (exact) mass is 349 g/mol. The first-order chi connectivity index (χ1) is 11.9. The highest BCUT2D eigenvalue weighted by Gasteiger charge is 2.43. The summed E-state index contributed by atoms with van der Waals surface area (Å²) in [5, 5.41) is 27.7. The largest absolute Gasteiger partial charge is 0.481 e. The zero-order valence-corrected chi connectivity index (χ0v) is 14.2. The van der Waals surface area contributed by atoms with Gasteiger partial charge in [-0.3, -0.25) is 4.79 Å². The molecule has 25 heavy (non-hydrogen) atoms. The van der Waals surface area contributed by atoms with E-state index in [1.165, 1.54) is 6.07 Å². The van der Waals surface area contributed by atoms with Crippen molar-refractivity contribution >= 4 is 13.1 Å². The fraction of sp³-hybridized carbons (Fsp3) is 0.611. The van der Waals surface area contributed by atoms with Gasteiger partial charge >= 0.3 is 13.1 Å². The van der Waals surface area contributed by atoms with Crippen LogP contribution in [-0.2, 0) is 16.6 Å². The molecule has 2 atom stereocenters. The Morgan fingerprint density at radius 1 is 1.36 bits per heavy atom. The molecule has 7 heteroatoms. The Balaban J connectivity index is 1.89. The average molecular weight is 349 g/mol. The van der Waals surface area contributed by atoms with E-state index in [1.54, 1.807) is 6.07 Å². The predicted octanol–water partition coefficient (Wildman–Crippen LogP) is 1.80. The van der Waals surface area contributed by atoms with E-state index in [4.69, 9.17) is 15.8 Å². The van der Waals surface area contributed by atoms with Crippen LogP contribution in [0.1, 0.15) is 54.7 Å². The maximum atomic E-state index is 14.7. The zero-order chi connectivity index (χ0) is 18.2. The standard InChI is InChI=1S/C18H25BFNO4/c20-15-8-12-7-11(3-1-6-19(24)25)16(17(22)23)13(12)9-14(15)18(10-21)4-2-5-18/h8-9,11,16,24-25H,1-7,10,21H2,(H,22,23)/t11-,16-/m0/s1. The second-order valence-electron chi connectivity index (χ2n) is 7.56. The second kappa shape index (κ2) is 7.06. The van der Waals surface area contributed by atoms with E-state index in [9.17, 15) is 14.3 Å². The van der Waals surface area contributed by atoms with Crippen molar-refractivity contribution in [1.82, 2.24) is 0 Å². The zero-order valence-electron chi connectivity index (χ0n) is 14.2. The van der Waals surface area contributed by atoms with Gasteiger partial charge < -0.3 is 20.9 Å². The molecule has 1 fully saturated rings. The summed E-state index contributed by atoms with van der Waals surface area (Å²) in [5.74, 6) is -1.99. The van der Waals surface area contributed by atoms with E-state index in [2.05, 4.69) is 0 Å². The van der Waals surface area contributed by atoms with Crippen LogP contribution in [0, 0.1) is 11.7 Å². The molecule has 3 rings (SSSR count). The third-order valence-corrected chi connectivity index (χ3v) is 6.09. The normalized spacial score (nSPS) is 23.8. The lowest BCUT2D eigenvalue weighted by Gasteiger charge is -2.42. The van der Waals surface area contributed by atoms with Gasteiger partial charge in [0.2, 0.25) is 0 Å². The summed E-state index contributed by atoms with van der Waals surface area (Å²) in [7, 11) is -1.38. The van der Waals surface area contributed by atoms with Crippen LogP contribution in [0.25, 0.3) is 0 Å². The summed E-state index contributed by atoms with van der Waals surface area (Å²) >= 11 is 0. The summed E-state index contributed by atoms with van der Waals surface area (Å²) in [6, 6.07) is 3.24. The number of nitrogens with two attached hydrogens (primary N) is 1. The number of hydrogen-bond donors (Lipinski definition) is 4. The van der Waals surface area contributed by atoms with Gasteiger partial charge in [-0.25, -0.2) is 4.39 Å². The van der Waals surface area contributed by atoms with Gasteiger partial charge in [-0.05, 0) is 60.7 Å². The first-order valence-electron chi connectivity index (χ1n) is 9.00. The van der Waals surface area contributed by atoms with Crippen molar-refractivity contribution in [1.29, 1.82) is 0 Å². The number of fused-ring (bicyclic) bond motifs is 1. The van der Waals surface area contributed by atoms with Gasteiger partial charge in [-0.1, -0.05) is 18.9 Å². The number of carboxylic acid groups (broad SMARTS) is 1. The lowest BCUT2D eigenvalue weighted by Crippen LogP contribution is -2.42. The number of carbonyl (C=O) groups is 1. The summed E-state index contributed by atoms with van der Waals surface area (Å²) in [6.07, 6.45) is 4.53. The molecule has 0 heterocycles. The van der Waals surface area contributed by atoms with Gasteiger partial charge in [0.1, 0.15) is 5.82 Å². The minimum atomic E-state index is -1.38. The molecule has 1 saturated carbocycles. The molecular weight excluding hydrogens is 324 g/mol. The summed E-state index contributed by atoms with van der Waals surface area (Å²) in [6.45, 7) is 0.373. The van der Waals surface area contributed by atoms with Gasteiger partial charge in [-0.2, -0.15) is 0 Å². The molecule has 2 aliphatic rings. The Labute approximate surface area is 147 Å². The SMILES string of the molecule is NCC1(c2cc3c(cc2F)C[C@H](CCCB(O)O)[C@@H]3C(=O)O)CCC1. The molecule has 0 unspecified atom stereocenters. The van der Waals surface area contributed by atoms with E-state index in [0.29, 0.717) is 36.9 Å². The highest BCUT2D eigenvalue weighted by molar-refractivity contribution is 6.40. The van der Waals surface area contributed by atoms with Crippen molar-refractivity contribution in [2.45, 2.75) is 56.2 Å². The van der Waals surface area contributed by atoms with Crippen molar-refractivity contribution < 1.29 is 24.3 Å². The van der Waals surface area contributed by atoms with Gasteiger partial charge in [0.05, 0.1) is 5.92 Å². The summed E-state index contributed by atoms with van der Waals surface area (Å²) in [4.78, 5) is 11.9. The third-order valence-electron chi connectivity index (χ3n) is 6.09. The Morgan fingerprint density at radius 3 is 2.60 bits per heavy atom. The molecule has 0 saturated heterocycles. The summed E-state index contributed by atoms with van der Waals surface area (Å²) in [5.41, 5.74) is 7.59. The number of carboxylic acids is 1. The van der Waals surface area contributed by atoms with E-state index in [0.717, 1.165) is 24.8 Å². The van der Waals surface area contributed by atoms with Gasteiger partial charge in [0.25, 0.3) is 0 Å². The molecule has 0 amide bonds. The lowest BCUT2D eigenvalue weighted by atomic mass is 9.64. The molecular formula is C18H25BFNO4. The maximum absolute atomic E-state index is 14.7. The van der Waals surface area contributed by atoms with Crippen LogP contribution < -0.4 is 5.73 Å². The molecule has 0 aromatic heterocycles. The molecule has 0 radical (unpaired) electrons. The van der Waals surface area contributed by atoms with Crippen molar-refractivity contribution in [2.24, 2.45) is 11.7 Å². The fourth-order valence-electron chi connectivity index (χ4n) is 4.51. The van der Waals surface area contributed by atoms with Crippen molar-refractivity contribution in [3.63, 3.8) is 0 Å². The Morgan fingerprint density at radius 2 is 2.08 bits per heavy atom. The van der Waals surface area contributed by atoms with Crippen LogP contribution in [0.5, 0.6) is 0 Å². The predicted molar refractivity (Wildman–Crippen MR) is 92.8 cm³/mol. The smallest absolute Gasteiger partial charge is 0.451 e. The molecule has 2 aliphatic carbocycles. The average Bonchev–Trinajstić information content (AvgIpc) is 2.83. The third kappa shape index (κ3) is 3.33. The van der Waals surface area contributed by atoms with Crippen LogP contribution in [0.3, 0.4) is 0 Å². The topological polar surface area (TPSA) is 104 Å². The van der Waals surface area contributed by atoms with Gasteiger partial charge in [0.15, 0.2) is 0 Å². The molecule has 1 aromatic rings. The molecule has 0 bridgehead atoms. The number of rotatable bonds is 7. The van der Waals surface area contributed by atoms with Crippen molar-refractivity contribution in [3.05, 3.63) is 34.6 Å². The van der Waals surface area contributed by atoms with Crippen LogP contribution in [0.15, 0.2) is 12.1 Å². The van der Waals surface area contributed by atoms with Crippen LogP contribution >= 0.6 is 0 Å². The number of benzene rings is 1. The number of halogens is 1.